The molecule has 0 atom stereocenters. The zero-order valence-corrected chi connectivity index (χ0v) is 11.1. The molecule has 0 radical (unpaired) electrons. The van der Waals surface area contributed by atoms with E-state index in [2.05, 4.69) is 15.3 Å². The third-order valence-corrected chi connectivity index (χ3v) is 2.17. The Morgan fingerprint density at radius 2 is 2.17 bits per heavy atom. The van der Waals surface area contributed by atoms with Crippen LogP contribution in [0.1, 0.15) is 32.9 Å². The highest BCUT2D eigenvalue weighted by atomic mass is 16.5. The molecule has 0 bridgehead atoms. The SMILES string of the molecule is CCOc1cc(C)nc(NC(C)(C)CC(=O)O)n1. The molecule has 0 saturated carbocycles. The highest BCUT2D eigenvalue weighted by molar-refractivity contribution is 5.69. The van der Waals surface area contributed by atoms with Gasteiger partial charge in [-0.3, -0.25) is 4.79 Å². The molecular weight excluding hydrogens is 234 g/mol. The lowest BCUT2D eigenvalue weighted by atomic mass is 10.0. The molecule has 18 heavy (non-hydrogen) atoms. The second-order valence-electron chi connectivity index (χ2n) is 4.68. The van der Waals surface area contributed by atoms with E-state index in [0.717, 1.165) is 5.69 Å². The Morgan fingerprint density at radius 3 is 2.72 bits per heavy atom. The van der Waals surface area contributed by atoms with Crippen LogP contribution in [0, 0.1) is 6.92 Å². The van der Waals surface area contributed by atoms with Gasteiger partial charge in [0, 0.05) is 17.3 Å². The van der Waals surface area contributed by atoms with Crippen LogP contribution in [-0.4, -0.2) is 33.2 Å². The Kier molecular flexibility index (Phi) is 4.47. The Bertz CT molecular complexity index is 433. The summed E-state index contributed by atoms with van der Waals surface area (Å²) in [6, 6.07) is 1.73. The second-order valence-corrected chi connectivity index (χ2v) is 4.68. The number of aliphatic carboxylic acids is 1. The average Bonchev–Trinajstić information content (AvgIpc) is 2.12. The van der Waals surface area contributed by atoms with Crippen LogP contribution in [0.25, 0.3) is 0 Å². The first kappa shape index (κ1) is 14.2. The third-order valence-electron chi connectivity index (χ3n) is 2.17. The van der Waals surface area contributed by atoms with E-state index < -0.39 is 11.5 Å². The maximum Gasteiger partial charge on any atom is 0.305 e. The molecule has 0 amide bonds. The smallest absolute Gasteiger partial charge is 0.305 e. The van der Waals surface area contributed by atoms with Crippen molar-refractivity contribution in [2.45, 2.75) is 39.7 Å². The van der Waals surface area contributed by atoms with Crippen LogP contribution in [0.2, 0.25) is 0 Å². The van der Waals surface area contributed by atoms with Crippen LogP contribution in [0.5, 0.6) is 5.88 Å². The van der Waals surface area contributed by atoms with Crippen molar-refractivity contribution in [1.82, 2.24) is 9.97 Å². The number of nitrogens with one attached hydrogen (secondary N) is 1. The van der Waals surface area contributed by atoms with Crippen LogP contribution < -0.4 is 10.1 Å². The zero-order valence-electron chi connectivity index (χ0n) is 11.1. The summed E-state index contributed by atoms with van der Waals surface area (Å²) in [5, 5.41) is 11.8. The van der Waals surface area contributed by atoms with Gasteiger partial charge >= 0.3 is 5.97 Å². The average molecular weight is 253 g/mol. The number of nitrogens with zero attached hydrogens (tertiary/aromatic N) is 2. The predicted molar refractivity (Wildman–Crippen MR) is 67.9 cm³/mol. The Labute approximate surface area is 106 Å². The van der Waals surface area contributed by atoms with Gasteiger partial charge in [-0.05, 0) is 27.7 Å². The monoisotopic (exact) mass is 253 g/mol. The van der Waals surface area contributed by atoms with Crippen molar-refractivity contribution in [3.63, 3.8) is 0 Å². The Morgan fingerprint density at radius 1 is 1.50 bits per heavy atom. The molecule has 0 saturated heterocycles. The van der Waals surface area contributed by atoms with Crippen LogP contribution in [-0.2, 0) is 4.79 Å². The van der Waals surface area contributed by atoms with E-state index >= 15 is 0 Å². The number of aromatic nitrogens is 2. The van der Waals surface area contributed by atoms with Crippen molar-refractivity contribution in [1.29, 1.82) is 0 Å². The molecule has 100 valence electrons. The van der Waals surface area contributed by atoms with Crippen molar-refractivity contribution < 1.29 is 14.6 Å². The summed E-state index contributed by atoms with van der Waals surface area (Å²) in [4.78, 5) is 19.1. The molecule has 0 aliphatic heterocycles. The summed E-state index contributed by atoms with van der Waals surface area (Å²) in [7, 11) is 0. The lowest BCUT2D eigenvalue weighted by Gasteiger charge is -2.24. The molecule has 0 spiro atoms. The summed E-state index contributed by atoms with van der Waals surface area (Å²) in [5.74, 6) is -0.00601. The standard InChI is InChI=1S/C12H19N3O3/c1-5-18-9-6-8(2)13-11(14-9)15-12(3,4)7-10(16)17/h6H,5,7H2,1-4H3,(H,16,17)(H,13,14,15). The lowest BCUT2D eigenvalue weighted by Crippen LogP contribution is -2.34. The van der Waals surface area contributed by atoms with Crippen molar-refractivity contribution in [2.24, 2.45) is 0 Å². The van der Waals surface area contributed by atoms with Gasteiger partial charge in [-0.25, -0.2) is 4.98 Å². The first-order valence-electron chi connectivity index (χ1n) is 5.81. The summed E-state index contributed by atoms with van der Waals surface area (Å²) < 4.78 is 5.32. The molecule has 6 nitrogen and oxygen atoms in total. The fraction of sp³-hybridized carbons (Fsp3) is 0.583. The van der Waals surface area contributed by atoms with Crippen molar-refractivity contribution in [3.05, 3.63) is 11.8 Å². The molecule has 0 aromatic carbocycles. The number of ether oxygens (including phenoxy) is 1. The first-order valence-corrected chi connectivity index (χ1v) is 5.81. The van der Waals surface area contributed by atoms with Crippen LogP contribution in [0.4, 0.5) is 5.95 Å². The molecule has 6 heteroatoms. The second kappa shape index (κ2) is 5.66. The number of rotatable bonds is 6. The molecule has 0 aliphatic carbocycles. The number of carboxylic acids is 1. The summed E-state index contributed by atoms with van der Waals surface area (Å²) in [6.45, 7) is 7.80. The third kappa shape index (κ3) is 4.57. The van der Waals surface area contributed by atoms with E-state index in [1.165, 1.54) is 0 Å². The summed E-state index contributed by atoms with van der Waals surface area (Å²) in [6.07, 6.45) is -0.0196. The molecule has 2 N–H and O–H groups in total. The molecule has 1 rings (SSSR count). The van der Waals surface area contributed by atoms with E-state index in [1.807, 2.05) is 13.8 Å². The molecule has 1 aromatic rings. The summed E-state index contributed by atoms with van der Waals surface area (Å²) >= 11 is 0. The molecular formula is C12H19N3O3. The number of carbonyl (C=O) groups is 1. The van der Waals surface area contributed by atoms with E-state index in [1.54, 1.807) is 19.9 Å². The normalized spacial score (nSPS) is 11.1. The van der Waals surface area contributed by atoms with Gasteiger partial charge in [0.05, 0.1) is 13.0 Å². The van der Waals surface area contributed by atoms with Gasteiger partial charge in [-0.1, -0.05) is 0 Å². The fourth-order valence-corrected chi connectivity index (χ4v) is 1.54. The van der Waals surface area contributed by atoms with E-state index in [4.69, 9.17) is 9.84 Å². The molecule has 0 aliphatic rings. The van der Waals surface area contributed by atoms with Crippen LogP contribution in [0.15, 0.2) is 6.07 Å². The van der Waals surface area contributed by atoms with Gasteiger partial charge < -0.3 is 15.2 Å². The van der Waals surface area contributed by atoms with Gasteiger partial charge in [-0.2, -0.15) is 4.98 Å². The maximum atomic E-state index is 10.7. The van der Waals surface area contributed by atoms with Crippen molar-refractivity contribution in [2.75, 3.05) is 11.9 Å². The highest BCUT2D eigenvalue weighted by Crippen LogP contribution is 2.18. The minimum Gasteiger partial charge on any atom is -0.481 e. The van der Waals surface area contributed by atoms with Gasteiger partial charge in [0.2, 0.25) is 11.8 Å². The predicted octanol–water partition coefficient (Wildman–Crippen LogP) is 1.85. The number of hydrogen-bond donors (Lipinski definition) is 2. The van der Waals surface area contributed by atoms with Gasteiger partial charge in [0.15, 0.2) is 0 Å². The van der Waals surface area contributed by atoms with Crippen LogP contribution in [0.3, 0.4) is 0 Å². The quantitative estimate of drug-likeness (QED) is 0.804. The van der Waals surface area contributed by atoms with Crippen LogP contribution >= 0.6 is 0 Å². The fourth-order valence-electron chi connectivity index (χ4n) is 1.54. The lowest BCUT2D eigenvalue weighted by molar-refractivity contribution is -0.137. The molecule has 0 unspecified atom stereocenters. The Hall–Kier alpha value is -1.85. The van der Waals surface area contributed by atoms with E-state index in [9.17, 15) is 4.79 Å². The first-order chi connectivity index (χ1) is 8.32. The number of anilines is 1. The number of carboxylic acid groups (broad SMARTS) is 1. The Balaban J connectivity index is 2.86. The van der Waals surface area contributed by atoms with Crippen molar-refractivity contribution >= 4 is 11.9 Å². The highest BCUT2D eigenvalue weighted by Gasteiger charge is 2.22. The van der Waals surface area contributed by atoms with Gasteiger partial charge in [0.1, 0.15) is 0 Å². The molecule has 1 aromatic heterocycles. The summed E-state index contributed by atoms with van der Waals surface area (Å²) in [5.41, 5.74) is 0.144. The zero-order chi connectivity index (χ0) is 13.8. The van der Waals surface area contributed by atoms with E-state index in [0.29, 0.717) is 18.4 Å². The minimum absolute atomic E-state index is 0.0196. The van der Waals surface area contributed by atoms with Crippen molar-refractivity contribution in [3.8, 4) is 5.88 Å². The maximum absolute atomic E-state index is 10.7. The minimum atomic E-state index is -0.870. The van der Waals surface area contributed by atoms with Gasteiger partial charge in [-0.15, -0.1) is 0 Å². The largest absolute Gasteiger partial charge is 0.481 e. The van der Waals surface area contributed by atoms with E-state index in [-0.39, 0.29) is 6.42 Å². The number of aryl methyl sites for hydroxylation is 1. The number of hydrogen-bond acceptors (Lipinski definition) is 5. The molecule has 0 fully saturated rings. The topological polar surface area (TPSA) is 84.3 Å². The molecule has 1 heterocycles. The van der Waals surface area contributed by atoms with Gasteiger partial charge in [0.25, 0.3) is 0 Å².